The van der Waals surface area contributed by atoms with Crippen LogP contribution < -0.4 is 0 Å². The van der Waals surface area contributed by atoms with E-state index in [-0.39, 0.29) is 19.6 Å². The molecule has 6 unspecified atom stereocenters. The smallest absolute Gasteiger partial charge is 0.397 e. The van der Waals surface area contributed by atoms with E-state index in [4.69, 9.17) is 23.5 Å². The highest BCUT2D eigenvalue weighted by Crippen LogP contribution is 2.26. The molecule has 0 saturated carbocycles. The fourth-order valence-electron chi connectivity index (χ4n) is 6.73. The van der Waals surface area contributed by atoms with E-state index in [0.717, 1.165) is 38.5 Å². The molecule has 0 radical (unpaired) electrons. The Morgan fingerprint density at radius 1 is 0.642 bits per heavy atom. The van der Waals surface area contributed by atoms with Gasteiger partial charge in [-0.25, -0.2) is 4.18 Å². The molecule has 0 aliphatic carbocycles. The second-order valence-corrected chi connectivity index (χ2v) is 16.0. The molecule has 12 nitrogen and oxygen atoms in total. The minimum Gasteiger partial charge on any atom is -0.457 e. The molecule has 1 heterocycles. The number of aliphatic hydroxyl groups excluding tert-OH is 3. The SMILES string of the molecule is CCCCCCCCCCCCCCCCCCCC(=O)OC(COCCCCCCCCCCC)COC1OC(CO)C(O)C(OS(=O)(=O)O)C1O. The quantitative estimate of drug-likeness (QED) is 0.0271. The maximum atomic E-state index is 12.8. The van der Waals surface area contributed by atoms with Crippen LogP contribution in [0, 0.1) is 0 Å². The second kappa shape index (κ2) is 33.3. The van der Waals surface area contributed by atoms with E-state index < -0.39 is 59.8 Å². The van der Waals surface area contributed by atoms with Crippen LogP contribution in [0.15, 0.2) is 0 Å². The Labute approximate surface area is 322 Å². The molecule has 1 aliphatic rings. The Bertz CT molecular complexity index is 952. The third-order valence-electron chi connectivity index (χ3n) is 9.98. The van der Waals surface area contributed by atoms with Gasteiger partial charge in [0.25, 0.3) is 0 Å². The normalized spacial score (nSPS) is 21.2. The molecule has 53 heavy (non-hydrogen) atoms. The summed E-state index contributed by atoms with van der Waals surface area (Å²) in [4.78, 5) is 12.8. The van der Waals surface area contributed by atoms with Gasteiger partial charge in [0.15, 0.2) is 6.29 Å². The lowest BCUT2D eigenvalue weighted by Gasteiger charge is -2.41. The first-order valence-electron chi connectivity index (χ1n) is 21.3. The van der Waals surface area contributed by atoms with E-state index in [2.05, 4.69) is 18.0 Å². The molecule has 1 fully saturated rings. The van der Waals surface area contributed by atoms with Crippen LogP contribution in [0.2, 0.25) is 0 Å². The predicted molar refractivity (Wildman–Crippen MR) is 207 cm³/mol. The number of carbonyl (C=O) groups is 1. The van der Waals surface area contributed by atoms with Crippen LogP contribution in [0.25, 0.3) is 0 Å². The summed E-state index contributed by atoms with van der Waals surface area (Å²) >= 11 is 0. The molecule has 6 atom stereocenters. The molecule has 0 bridgehead atoms. The van der Waals surface area contributed by atoms with Gasteiger partial charge in [0.05, 0.1) is 19.8 Å². The molecule has 0 amide bonds. The molecule has 0 aromatic rings. The Morgan fingerprint density at radius 2 is 1.08 bits per heavy atom. The number of hydrogen-bond acceptors (Lipinski definition) is 11. The van der Waals surface area contributed by atoms with E-state index in [1.165, 1.54) is 122 Å². The number of aliphatic hydroxyl groups is 3. The van der Waals surface area contributed by atoms with Gasteiger partial charge in [-0.1, -0.05) is 168 Å². The molecular formula is C40H78O12S. The molecule has 13 heteroatoms. The zero-order valence-corrected chi connectivity index (χ0v) is 34.2. The third-order valence-corrected chi connectivity index (χ3v) is 10.4. The highest BCUT2D eigenvalue weighted by molar-refractivity contribution is 7.80. The van der Waals surface area contributed by atoms with Gasteiger partial charge in [0.2, 0.25) is 0 Å². The molecule has 0 spiro atoms. The van der Waals surface area contributed by atoms with Crippen molar-refractivity contribution in [2.75, 3.05) is 26.4 Å². The monoisotopic (exact) mass is 783 g/mol. The highest BCUT2D eigenvalue weighted by Gasteiger charge is 2.48. The summed E-state index contributed by atoms with van der Waals surface area (Å²) in [6.07, 6.45) is 22.9. The third kappa shape index (κ3) is 27.4. The van der Waals surface area contributed by atoms with Gasteiger partial charge in [0, 0.05) is 13.0 Å². The summed E-state index contributed by atoms with van der Waals surface area (Å²) in [5.74, 6) is -0.396. The molecule has 1 aliphatic heterocycles. The number of esters is 1. The molecule has 1 saturated heterocycles. The maximum Gasteiger partial charge on any atom is 0.397 e. The lowest BCUT2D eigenvalue weighted by Crippen LogP contribution is -2.60. The van der Waals surface area contributed by atoms with Crippen molar-refractivity contribution in [1.82, 2.24) is 0 Å². The molecule has 316 valence electrons. The Kier molecular flexibility index (Phi) is 31.5. The van der Waals surface area contributed by atoms with Gasteiger partial charge in [-0.3, -0.25) is 9.35 Å². The minimum absolute atomic E-state index is 0.0433. The minimum atomic E-state index is -5.05. The first-order valence-corrected chi connectivity index (χ1v) is 22.7. The van der Waals surface area contributed by atoms with Crippen molar-refractivity contribution in [3.05, 3.63) is 0 Å². The number of hydrogen-bond donors (Lipinski definition) is 4. The van der Waals surface area contributed by atoms with Crippen molar-refractivity contribution in [2.24, 2.45) is 0 Å². The summed E-state index contributed by atoms with van der Waals surface area (Å²) < 4.78 is 58.8. The Morgan fingerprint density at radius 3 is 1.51 bits per heavy atom. The Balaban J connectivity index is 2.41. The van der Waals surface area contributed by atoms with Crippen LogP contribution in [0.1, 0.15) is 187 Å². The summed E-state index contributed by atoms with van der Waals surface area (Å²) in [7, 11) is -5.05. The van der Waals surface area contributed by atoms with Crippen molar-refractivity contribution in [1.29, 1.82) is 0 Å². The average molecular weight is 783 g/mol. The van der Waals surface area contributed by atoms with Crippen molar-refractivity contribution in [3.63, 3.8) is 0 Å². The molecule has 0 aromatic carbocycles. The van der Waals surface area contributed by atoms with Crippen molar-refractivity contribution < 1.29 is 56.2 Å². The standard InChI is InChI=1S/C40H78O12S/c1-3-5-7-9-11-13-14-15-16-17-18-19-20-21-23-25-27-29-36(42)50-34(32-48-30-28-26-24-22-12-10-8-6-4-2)33-49-40-38(44)39(52-53(45,46)47)37(43)35(31-41)51-40/h34-35,37-41,43-44H,3-33H2,1-2H3,(H,45,46,47). The number of ether oxygens (including phenoxy) is 4. The number of rotatable bonds is 37. The first kappa shape index (κ1) is 50.1. The predicted octanol–water partition coefficient (Wildman–Crippen LogP) is 8.13. The van der Waals surface area contributed by atoms with E-state index in [1.54, 1.807) is 0 Å². The summed E-state index contributed by atoms with van der Waals surface area (Å²) in [5, 5.41) is 30.5. The highest BCUT2D eigenvalue weighted by atomic mass is 32.3. The van der Waals surface area contributed by atoms with Crippen LogP contribution in [-0.2, 0) is 38.3 Å². The van der Waals surface area contributed by atoms with E-state index >= 15 is 0 Å². The van der Waals surface area contributed by atoms with Gasteiger partial charge in [0.1, 0.15) is 30.5 Å². The second-order valence-electron chi connectivity index (χ2n) is 15.0. The first-order chi connectivity index (χ1) is 25.6. The van der Waals surface area contributed by atoms with Crippen LogP contribution in [0.5, 0.6) is 0 Å². The van der Waals surface area contributed by atoms with Crippen LogP contribution in [-0.4, -0.2) is 97.5 Å². The molecular weight excluding hydrogens is 704 g/mol. The van der Waals surface area contributed by atoms with Crippen molar-refractivity contribution >= 4 is 16.4 Å². The fourth-order valence-corrected chi connectivity index (χ4v) is 7.24. The van der Waals surface area contributed by atoms with Crippen LogP contribution in [0.3, 0.4) is 0 Å². The van der Waals surface area contributed by atoms with Crippen LogP contribution in [0.4, 0.5) is 0 Å². The average Bonchev–Trinajstić information content (AvgIpc) is 3.12. The summed E-state index contributed by atoms with van der Waals surface area (Å²) in [6, 6.07) is 0. The fraction of sp³-hybridized carbons (Fsp3) is 0.975. The number of carbonyl (C=O) groups excluding carboxylic acids is 1. The van der Waals surface area contributed by atoms with Gasteiger partial charge in [-0.05, 0) is 12.8 Å². The lowest BCUT2D eigenvalue weighted by atomic mass is 9.99. The topological polar surface area (TPSA) is 178 Å². The van der Waals surface area contributed by atoms with Gasteiger partial charge >= 0.3 is 16.4 Å². The zero-order valence-electron chi connectivity index (χ0n) is 33.3. The van der Waals surface area contributed by atoms with E-state index in [0.29, 0.717) is 13.0 Å². The number of unbranched alkanes of at least 4 members (excludes halogenated alkanes) is 24. The lowest BCUT2D eigenvalue weighted by molar-refractivity contribution is -0.301. The van der Waals surface area contributed by atoms with Gasteiger partial charge in [-0.15, -0.1) is 0 Å². The molecule has 1 rings (SSSR count). The zero-order chi connectivity index (χ0) is 39.0. The van der Waals surface area contributed by atoms with Gasteiger partial charge in [-0.2, -0.15) is 8.42 Å². The maximum absolute atomic E-state index is 12.8. The van der Waals surface area contributed by atoms with Gasteiger partial charge < -0.3 is 34.3 Å². The van der Waals surface area contributed by atoms with Crippen molar-refractivity contribution in [2.45, 2.75) is 224 Å². The van der Waals surface area contributed by atoms with Crippen molar-refractivity contribution in [3.8, 4) is 0 Å². The summed E-state index contributed by atoms with van der Waals surface area (Å²) in [6.45, 7) is 3.99. The van der Waals surface area contributed by atoms with Crippen LogP contribution >= 0.6 is 0 Å². The molecule has 0 aromatic heterocycles. The molecule has 4 N–H and O–H groups in total. The summed E-state index contributed by atoms with van der Waals surface area (Å²) in [5.41, 5.74) is 0. The van der Waals surface area contributed by atoms with E-state index in [9.17, 15) is 28.5 Å². The Hall–Kier alpha value is -0.900. The van der Waals surface area contributed by atoms with E-state index in [1.807, 2.05) is 0 Å². The largest absolute Gasteiger partial charge is 0.457 e.